The highest BCUT2D eigenvalue weighted by molar-refractivity contribution is 5.95. The van der Waals surface area contributed by atoms with E-state index >= 15 is 0 Å². The Morgan fingerprint density at radius 1 is 1.59 bits per heavy atom. The van der Waals surface area contributed by atoms with E-state index in [1.54, 1.807) is 18.2 Å². The van der Waals surface area contributed by atoms with Crippen LogP contribution in [0.25, 0.3) is 0 Å². The number of hydrogen-bond acceptors (Lipinski definition) is 4. The number of primary amides is 1. The quantitative estimate of drug-likeness (QED) is 0.767. The highest BCUT2D eigenvalue weighted by atomic mass is 16.6. The maximum atomic E-state index is 11.5. The fourth-order valence-corrected chi connectivity index (χ4v) is 1.77. The van der Waals surface area contributed by atoms with Crippen molar-refractivity contribution >= 4 is 17.7 Å². The molecule has 3 N–H and O–H groups in total. The summed E-state index contributed by atoms with van der Waals surface area (Å²) in [4.78, 5) is 22.2. The smallest absolute Gasteiger partial charge is 0.339 e. The Morgan fingerprint density at radius 2 is 2.35 bits per heavy atom. The molecule has 17 heavy (non-hydrogen) atoms. The van der Waals surface area contributed by atoms with Crippen molar-refractivity contribution in [2.75, 3.05) is 19.0 Å². The molecule has 1 aromatic carbocycles. The Balaban J connectivity index is 2.32. The number of cyclic esters (lactones) is 1. The highest BCUT2D eigenvalue weighted by Gasteiger charge is 2.31. The summed E-state index contributed by atoms with van der Waals surface area (Å²) < 4.78 is 10.1. The molecule has 0 spiro atoms. The molecule has 90 valence electrons. The van der Waals surface area contributed by atoms with E-state index in [2.05, 4.69) is 5.32 Å². The minimum Gasteiger partial charge on any atom is -0.451 e. The van der Waals surface area contributed by atoms with Crippen molar-refractivity contribution in [2.45, 2.75) is 6.10 Å². The van der Waals surface area contributed by atoms with Gasteiger partial charge in [-0.2, -0.15) is 0 Å². The van der Waals surface area contributed by atoms with Crippen LogP contribution in [0.5, 0.6) is 0 Å². The van der Waals surface area contributed by atoms with E-state index in [0.29, 0.717) is 16.8 Å². The van der Waals surface area contributed by atoms with Crippen molar-refractivity contribution in [3.8, 4) is 0 Å². The maximum absolute atomic E-state index is 11.5. The summed E-state index contributed by atoms with van der Waals surface area (Å²) in [5.41, 5.74) is 6.73. The van der Waals surface area contributed by atoms with Gasteiger partial charge >= 0.3 is 12.0 Å². The van der Waals surface area contributed by atoms with Crippen LogP contribution in [0.2, 0.25) is 0 Å². The van der Waals surface area contributed by atoms with Crippen LogP contribution in [0, 0.1) is 0 Å². The highest BCUT2D eigenvalue weighted by Crippen LogP contribution is 2.32. The number of urea groups is 1. The molecule has 2 amide bonds. The van der Waals surface area contributed by atoms with Crippen LogP contribution in [-0.2, 0) is 9.47 Å². The molecule has 0 saturated carbocycles. The molecule has 2 rings (SSSR count). The van der Waals surface area contributed by atoms with Gasteiger partial charge < -0.3 is 20.5 Å². The van der Waals surface area contributed by atoms with Gasteiger partial charge in [-0.1, -0.05) is 0 Å². The molecule has 1 unspecified atom stereocenters. The normalized spacial score (nSPS) is 17.5. The zero-order valence-corrected chi connectivity index (χ0v) is 9.23. The molecule has 0 aromatic heterocycles. The van der Waals surface area contributed by atoms with Crippen molar-refractivity contribution in [3.05, 3.63) is 29.3 Å². The number of methoxy groups -OCH3 is 1. The van der Waals surface area contributed by atoms with Gasteiger partial charge in [-0.05, 0) is 18.2 Å². The molecule has 0 bridgehead atoms. The number of benzene rings is 1. The third-order valence-electron chi connectivity index (χ3n) is 2.45. The lowest BCUT2D eigenvalue weighted by Crippen LogP contribution is -2.19. The summed E-state index contributed by atoms with van der Waals surface area (Å²) in [6, 6.07) is 4.20. The predicted molar refractivity (Wildman–Crippen MR) is 59.7 cm³/mol. The monoisotopic (exact) mass is 236 g/mol. The van der Waals surface area contributed by atoms with Crippen LogP contribution in [0.3, 0.4) is 0 Å². The zero-order valence-electron chi connectivity index (χ0n) is 9.23. The van der Waals surface area contributed by atoms with Crippen molar-refractivity contribution in [1.29, 1.82) is 0 Å². The number of ether oxygens (including phenoxy) is 2. The first kappa shape index (κ1) is 11.4. The largest absolute Gasteiger partial charge is 0.451 e. The Morgan fingerprint density at radius 3 is 3.00 bits per heavy atom. The van der Waals surface area contributed by atoms with Gasteiger partial charge in [0.2, 0.25) is 0 Å². The SMILES string of the molecule is COCC1OC(=O)c2ccc(NC(N)=O)cc21. The van der Waals surface area contributed by atoms with Crippen molar-refractivity contribution < 1.29 is 19.1 Å². The van der Waals surface area contributed by atoms with Gasteiger partial charge in [0.15, 0.2) is 6.10 Å². The second kappa shape index (κ2) is 4.42. The van der Waals surface area contributed by atoms with E-state index in [9.17, 15) is 9.59 Å². The molecule has 1 aromatic rings. The standard InChI is InChI=1S/C11H12N2O4/c1-16-5-9-8-4-6(13-11(12)15)2-3-7(8)10(14)17-9/h2-4,9H,5H2,1H3,(H3,12,13,15). The number of carbonyl (C=O) groups is 2. The van der Waals surface area contributed by atoms with Gasteiger partial charge in [0.05, 0.1) is 12.2 Å². The summed E-state index contributed by atoms with van der Waals surface area (Å²) in [5, 5.41) is 2.44. The lowest BCUT2D eigenvalue weighted by atomic mass is 10.0. The molecule has 6 heteroatoms. The molecule has 1 aliphatic rings. The van der Waals surface area contributed by atoms with E-state index in [-0.39, 0.29) is 12.6 Å². The lowest BCUT2D eigenvalue weighted by molar-refractivity contribution is 0.0152. The van der Waals surface area contributed by atoms with Gasteiger partial charge in [-0.25, -0.2) is 9.59 Å². The molecular formula is C11H12N2O4. The maximum Gasteiger partial charge on any atom is 0.339 e. The van der Waals surface area contributed by atoms with Crippen LogP contribution in [-0.4, -0.2) is 25.7 Å². The molecule has 6 nitrogen and oxygen atoms in total. The van der Waals surface area contributed by atoms with Crippen LogP contribution in [0.1, 0.15) is 22.0 Å². The fourth-order valence-electron chi connectivity index (χ4n) is 1.77. The first-order valence-electron chi connectivity index (χ1n) is 5.02. The number of nitrogens with one attached hydrogen (secondary N) is 1. The van der Waals surface area contributed by atoms with Gasteiger partial charge in [-0.15, -0.1) is 0 Å². The average Bonchev–Trinajstić information content (AvgIpc) is 2.55. The first-order valence-corrected chi connectivity index (χ1v) is 5.02. The lowest BCUT2D eigenvalue weighted by Gasteiger charge is -2.09. The molecule has 1 aliphatic heterocycles. The summed E-state index contributed by atoms with van der Waals surface area (Å²) >= 11 is 0. The molecule has 1 heterocycles. The Kier molecular flexibility index (Phi) is 2.97. The third-order valence-corrected chi connectivity index (χ3v) is 2.45. The van der Waals surface area contributed by atoms with Gasteiger partial charge in [0.1, 0.15) is 0 Å². The summed E-state index contributed by atoms with van der Waals surface area (Å²) in [6.45, 7) is 0.277. The summed E-state index contributed by atoms with van der Waals surface area (Å²) in [6.07, 6.45) is -0.433. The van der Waals surface area contributed by atoms with E-state index < -0.39 is 12.1 Å². The van der Waals surface area contributed by atoms with Crippen LogP contribution >= 0.6 is 0 Å². The molecular weight excluding hydrogens is 224 g/mol. The minimum absolute atomic E-state index is 0.277. The zero-order chi connectivity index (χ0) is 12.4. The Hall–Kier alpha value is -2.08. The van der Waals surface area contributed by atoms with E-state index in [0.717, 1.165) is 0 Å². The Labute approximate surface area is 97.7 Å². The van der Waals surface area contributed by atoms with Crippen LogP contribution in [0.15, 0.2) is 18.2 Å². The van der Waals surface area contributed by atoms with Crippen LogP contribution < -0.4 is 11.1 Å². The molecule has 0 saturated heterocycles. The molecule has 1 atom stereocenters. The van der Waals surface area contributed by atoms with Crippen molar-refractivity contribution in [3.63, 3.8) is 0 Å². The van der Waals surface area contributed by atoms with E-state index in [1.165, 1.54) is 7.11 Å². The van der Waals surface area contributed by atoms with Crippen LogP contribution in [0.4, 0.5) is 10.5 Å². The average molecular weight is 236 g/mol. The fraction of sp³-hybridized carbons (Fsp3) is 0.273. The predicted octanol–water partition coefficient (Wildman–Crippen LogP) is 1.04. The molecule has 0 aliphatic carbocycles. The van der Waals surface area contributed by atoms with E-state index in [1.807, 2.05) is 0 Å². The molecule has 0 radical (unpaired) electrons. The Bertz CT molecular complexity index is 473. The first-order chi connectivity index (χ1) is 8.11. The van der Waals surface area contributed by atoms with Gasteiger partial charge in [0.25, 0.3) is 0 Å². The van der Waals surface area contributed by atoms with Gasteiger partial charge in [-0.3, -0.25) is 0 Å². The summed E-state index contributed by atoms with van der Waals surface area (Å²) in [7, 11) is 1.53. The number of anilines is 1. The second-order valence-electron chi connectivity index (χ2n) is 3.64. The van der Waals surface area contributed by atoms with Crippen molar-refractivity contribution in [1.82, 2.24) is 0 Å². The summed E-state index contributed by atoms with van der Waals surface area (Å²) in [5.74, 6) is -0.382. The minimum atomic E-state index is -0.654. The van der Waals surface area contributed by atoms with E-state index in [4.69, 9.17) is 15.2 Å². The number of fused-ring (bicyclic) bond motifs is 1. The number of carbonyl (C=O) groups excluding carboxylic acids is 2. The van der Waals surface area contributed by atoms with Gasteiger partial charge in [0, 0.05) is 18.4 Å². The third kappa shape index (κ3) is 2.21. The number of hydrogen-bond donors (Lipinski definition) is 2. The molecule has 0 fully saturated rings. The number of nitrogens with two attached hydrogens (primary N) is 1. The van der Waals surface area contributed by atoms with Crippen molar-refractivity contribution in [2.24, 2.45) is 5.73 Å². The second-order valence-corrected chi connectivity index (χ2v) is 3.64. The number of amides is 2. The number of rotatable bonds is 3. The number of esters is 1. The topological polar surface area (TPSA) is 90.7 Å².